The number of nitrogens with zero attached hydrogens (tertiary/aromatic N) is 1. The molecular formula is C18H38N2O. The van der Waals surface area contributed by atoms with E-state index < -0.39 is 5.60 Å². The fourth-order valence-corrected chi connectivity index (χ4v) is 3.82. The maximum atomic E-state index is 10.1. The molecule has 3 unspecified atom stereocenters. The van der Waals surface area contributed by atoms with E-state index in [1.807, 2.05) is 13.8 Å². The maximum Gasteiger partial charge on any atom is 0.0718 e. The summed E-state index contributed by atoms with van der Waals surface area (Å²) in [5.41, 5.74) is -0.601. The highest BCUT2D eigenvalue weighted by Crippen LogP contribution is 2.34. The minimum Gasteiger partial charge on any atom is -0.389 e. The van der Waals surface area contributed by atoms with E-state index in [-0.39, 0.29) is 0 Å². The van der Waals surface area contributed by atoms with Crippen molar-refractivity contribution in [1.82, 2.24) is 10.2 Å². The molecule has 3 heteroatoms. The molecule has 0 spiro atoms. The lowest BCUT2D eigenvalue weighted by Crippen LogP contribution is -2.48. The van der Waals surface area contributed by atoms with Crippen LogP contribution in [0.1, 0.15) is 60.8 Å². The standard InChI is InChI=1S/C18H38N2O/c1-7-19-17-10-9-15(14(3)4)11-16(17)12-20(8-2)13-18(5,6)21/h14-17,19,21H,7-13H2,1-6H3. The zero-order chi connectivity index (χ0) is 16.0. The monoisotopic (exact) mass is 298 g/mol. The molecule has 0 aromatic heterocycles. The third-order valence-corrected chi connectivity index (χ3v) is 4.98. The summed E-state index contributed by atoms with van der Waals surface area (Å²) >= 11 is 0. The van der Waals surface area contributed by atoms with Crippen molar-refractivity contribution in [2.24, 2.45) is 17.8 Å². The van der Waals surface area contributed by atoms with E-state index in [2.05, 4.69) is 37.9 Å². The highest BCUT2D eigenvalue weighted by Gasteiger charge is 2.32. The lowest BCUT2D eigenvalue weighted by atomic mass is 9.73. The topological polar surface area (TPSA) is 35.5 Å². The first kappa shape index (κ1) is 18.9. The molecule has 1 aliphatic carbocycles. The van der Waals surface area contributed by atoms with Crippen molar-refractivity contribution in [2.45, 2.75) is 72.4 Å². The highest BCUT2D eigenvalue weighted by atomic mass is 16.3. The molecule has 0 radical (unpaired) electrons. The van der Waals surface area contributed by atoms with E-state index in [0.29, 0.717) is 12.0 Å². The second-order valence-corrected chi connectivity index (χ2v) is 7.88. The van der Waals surface area contributed by atoms with Crippen LogP contribution in [0.25, 0.3) is 0 Å². The van der Waals surface area contributed by atoms with Crippen molar-refractivity contribution in [3.63, 3.8) is 0 Å². The predicted octanol–water partition coefficient (Wildman–Crippen LogP) is 3.13. The summed E-state index contributed by atoms with van der Waals surface area (Å²) in [6.07, 6.45) is 4.00. The Balaban J connectivity index is 2.67. The molecule has 1 fully saturated rings. The average molecular weight is 299 g/mol. The van der Waals surface area contributed by atoms with Gasteiger partial charge in [-0.05, 0) is 64.0 Å². The van der Waals surface area contributed by atoms with Gasteiger partial charge in [-0.15, -0.1) is 0 Å². The Morgan fingerprint density at radius 1 is 1.24 bits per heavy atom. The molecule has 0 amide bonds. The molecule has 3 atom stereocenters. The SMILES string of the molecule is CCNC1CCC(C(C)C)CC1CN(CC)CC(C)(C)O. The third kappa shape index (κ3) is 6.66. The van der Waals surface area contributed by atoms with Crippen LogP contribution >= 0.6 is 0 Å². The molecule has 0 saturated heterocycles. The normalized spacial score (nSPS) is 27.6. The second-order valence-electron chi connectivity index (χ2n) is 7.88. The van der Waals surface area contributed by atoms with E-state index in [9.17, 15) is 5.11 Å². The number of rotatable bonds is 8. The van der Waals surface area contributed by atoms with Crippen LogP contribution in [0.3, 0.4) is 0 Å². The second kappa shape index (κ2) is 8.50. The van der Waals surface area contributed by atoms with Crippen LogP contribution in [0.4, 0.5) is 0 Å². The first-order chi connectivity index (χ1) is 9.76. The Bertz CT molecular complexity index is 285. The molecule has 0 aliphatic heterocycles. The van der Waals surface area contributed by atoms with Gasteiger partial charge in [-0.2, -0.15) is 0 Å². The number of nitrogens with one attached hydrogen (secondary N) is 1. The smallest absolute Gasteiger partial charge is 0.0718 e. The molecule has 126 valence electrons. The van der Waals surface area contributed by atoms with Crippen molar-refractivity contribution in [3.8, 4) is 0 Å². The van der Waals surface area contributed by atoms with Crippen LogP contribution in [-0.4, -0.2) is 47.8 Å². The average Bonchev–Trinajstić information content (AvgIpc) is 2.38. The van der Waals surface area contributed by atoms with E-state index in [0.717, 1.165) is 38.0 Å². The fourth-order valence-electron chi connectivity index (χ4n) is 3.82. The molecule has 0 heterocycles. The van der Waals surface area contributed by atoms with E-state index in [1.54, 1.807) is 0 Å². The Kier molecular flexibility index (Phi) is 7.66. The summed E-state index contributed by atoms with van der Waals surface area (Å²) in [4.78, 5) is 2.43. The van der Waals surface area contributed by atoms with Crippen molar-refractivity contribution in [1.29, 1.82) is 0 Å². The predicted molar refractivity (Wildman–Crippen MR) is 91.5 cm³/mol. The van der Waals surface area contributed by atoms with Crippen molar-refractivity contribution in [2.75, 3.05) is 26.2 Å². The fraction of sp³-hybridized carbons (Fsp3) is 1.00. The third-order valence-electron chi connectivity index (χ3n) is 4.98. The summed E-state index contributed by atoms with van der Waals surface area (Å²) in [6.45, 7) is 16.9. The Morgan fingerprint density at radius 3 is 2.38 bits per heavy atom. The van der Waals surface area contributed by atoms with Gasteiger partial charge in [0.25, 0.3) is 0 Å². The molecule has 1 aliphatic rings. The van der Waals surface area contributed by atoms with Gasteiger partial charge in [-0.1, -0.05) is 27.7 Å². The van der Waals surface area contributed by atoms with E-state index >= 15 is 0 Å². The van der Waals surface area contributed by atoms with Crippen LogP contribution in [-0.2, 0) is 0 Å². The van der Waals surface area contributed by atoms with Gasteiger partial charge in [0, 0.05) is 19.1 Å². The molecule has 0 bridgehead atoms. The van der Waals surface area contributed by atoms with Gasteiger partial charge >= 0.3 is 0 Å². The van der Waals surface area contributed by atoms with Gasteiger partial charge < -0.3 is 15.3 Å². The van der Waals surface area contributed by atoms with Crippen LogP contribution in [0.2, 0.25) is 0 Å². The Labute approximate surface area is 132 Å². The molecule has 21 heavy (non-hydrogen) atoms. The molecule has 1 saturated carbocycles. The summed E-state index contributed by atoms with van der Waals surface area (Å²) in [6, 6.07) is 0.654. The molecule has 3 nitrogen and oxygen atoms in total. The van der Waals surface area contributed by atoms with Gasteiger partial charge in [-0.3, -0.25) is 0 Å². The van der Waals surface area contributed by atoms with Gasteiger partial charge in [0.1, 0.15) is 0 Å². The zero-order valence-electron chi connectivity index (χ0n) is 15.2. The van der Waals surface area contributed by atoms with Crippen molar-refractivity contribution in [3.05, 3.63) is 0 Å². The minimum absolute atomic E-state index is 0.601. The van der Waals surface area contributed by atoms with Gasteiger partial charge in [0.15, 0.2) is 0 Å². The van der Waals surface area contributed by atoms with E-state index in [4.69, 9.17) is 0 Å². The number of hydrogen-bond acceptors (Lipinski definition) is 3. The molecule has 0 aromatic carbocycles. The van der Waals surface area contributed by atoms with Crippen LogP contribution in [0.5, 0.6) is 0 Å². The maximum absolute atomic E-state index is 10.1. The first-order valence-corrected chi connectivity index (χ1v) is 8.94. The first-order valence-electron chi connectivity index (χ1n) is 8.94. The summed E-state index contributed by atoms with van der Waals surface area (Å²) < 4.78 is 0. The quantitative estimate of drug-likeness (QED) is 0.723. The molecule has 1 rings (SSSR count). The molecular weight excluding hydrogens is 260 g/mol. The Morgan fingerprint density at radius 2 is 1.90 bits per heavy atom. The van der Waals surface area contributed by atoms with Crippen LogP contribution in [0.15, 0.2) is 0 Å². The van der Waals surface area contributed by atoms with Crippen molar-refractivity contribution >= 4 is 0 Å². The Hall–Kier alpha value is -0.120. The van der Waals surface area contributed by atoms with Gasteiger partial charge in [0.2, 0.25) is 0 Å². The molecule has 0 aromatic rings. The summed E-state index contributed by atoms with van der Waals surface area (Å²) in [5.74, 6) is 2.37. The van der Waals surface area contributed by atoms with Gasteiger partial charge in [0.05, 0.1) is 5.60 Å². The number of aliphatic hydroxyl groups is 1. The van der Waals surface area contributed by atoms with E-state index in [1.165, 1.54) is 19.3 Å². The lowest BCUT2D eigenvalue weighted by Gasteiger charge is -2.41. The lowest BCUT2D eigenvalue weighted by molar-refractivity contribution is 0.0243. The largest absolute Gasteiger partial charge is 0.389 e. The van der Waals surface area contributed by atoms with Gasteiger partial charge in [-0.25, -0.2) is 0 Å². The molecule has 2 N–H and O–H groups in total. The van der Waals surface area contributed by atoms with Crippen molar-refractivity contribution < 1.29 is 5.11 Å². The minimum atomic E-state index is -0.601. The zero-order valence-corrected chi connectivity index (χ0v) is 15.2. The highest BCUT2D eigenvalue weighted by molar-refractivity contribution is 4.88. The van der Waals surface area contributed by atoms with Crippen LogP contribution < -0.4 is 5.32 Å². The van der Waals surface area contributed by atoms with Crippen LogP contribution in [0, 0.1) is 17.8 Å². The summed E-state index contributed by atoms with van der Waals surface area (Å²) in [7, 11) is 0. The summed E-state index contributed by atoms with van der Waals surface area (Å²) in [5, 5.41) is 13.8. The number of hydrogen-bond donors (Lipinski definition) is 2. The number of likely N-dealkylation sites (N-methyl/N-ethyl adjacent to an activating group) is 1.